The molecule has 6 heteroatoms. The van der Waals surface area contributed by atoms with Crippen molar-refractivity contribution in [2.24, 2.45) is 0 Å². The highest BCUT2D eigenvalue weighted by Gasteiger charge is 2.10. The second-order valence-corrected chi connectivity index (χ2v) is 5.89. The minimum atomic E-state index is -0.532. The zero-order chi connectivity index (χ0) is 15.5. The molecule has 0 saturated heterocycles. The summed E-state index contributed by atoms with van der Waals surface area (Å²) in [5.74, 6) is 1.10. The Kier molecular flexibility index (Phi) is 4.47. The SMILES string of the molecule is COc1cc(-c2cn3cc(I)ccc3n2)ccc1OCCF. The van der Waals surface area contributed by atoms with Crippen molar-refractivity contribution in [2.45, 2.75) is 0 Å². The van der Waals surface area contributed by atoms with Crippen molar-refractivity contribution in [3.8, 4) is 22.8 Å². The summed E-state index contributed by atoms with van der Waals surface area (Å²) in [6.07, 6.45) is 3.98. The third-order valence-corrected chi connectivity index (χ3v) is 3.85. The standard InChI is InChI=1S/C16H14FIN2O2/c1-21-15-8-11(2-4-14(15)22-7-6-17)13-10-20-9-12(18)3-5-16(20)19-13/h2-5,8-10H,6-7H2,1H3. The highest BCUT2D eigenvalue weighted by Crippen LogP contribution is 2.32. The van der Waals surface area contributed by atoms with Gasteiger partial charge in [-0.25, -0.2) is 9.37 Å². The van der Waals surface area contributed by atoms with Gasteiger partial charge in [0.1, 0.15) is 18.9 Å². The number of pyridine rings is 1. The molecule has 0 amide bonds. The van der Waals surface area contributed by atoms with Crippen LogP contribution < -0.4 is 9.47 Å². The molecule has 3 rings (SSSR count). The van der Waals surface area contributed by atoms with Gasteiger partial charge >= 0.3 is 0 Å². The van der Waals surface area contributed by atoms with E-state index in [0.29, 0.717) is 11.5 Å². The predicted molar refractivity (Wildman–Crippen MR) is 91.4 cm³/mol. The Hall–Kier alpha value is -1.83. The van der Waals surface area contributed by atoms with Crippen LogP contribution in [0.3, 0.4) is 0 Å². The Balaban J connectivity index is 1.99. The molecule has 0 bridgehead atoms. The summed E-state index contributed by atoms with van der Waals surface area (Å²) >= 11 is 2.26. The molecule has 0 aliphatic rings. The van der Waals surface area contributed by atoms with Crippen LogP contribution >= 0.6 is 22.6 Å². The Morgan fingerprint density at radius 3 is 2.82 bits per heavy atom. The maximum absolute atomic E-state index is 12.2. The van der Waals surface area contributed by atoms with Gasteiger partial charge in [-0.15, -0.1) is 0 Å². The number of ether oxygens (including phenoxy) is 2. The minimum absolute atomic E-state index is 0.0164. The van der Waals surface area contributed by atoms with Gasteiger partial charge in [0, 0.05) is 21.5 Å². The zero-order valence-electron chi connectivity index (χ0n) is 11.9. The number of fused-ring (bicyclic) bond motifs is 1. The maximum atomic E-state index is 12.2. The molecule has 0 N–H and O–H groups in total. The van der Waals surface area contributed by atoms with Crippen LogP contribution in [0.2, 0.25) is 0 Å². The molecule has 0 spiro atoms. The molecule has 4 nitrogen and oxygen atoms in total. The maximum Gasteiger partial charge on any atom is 0.161 e. The van der Waals surface area contributed by atoms with E-state index in [4.69, 9.17) is 9.47 Å². The van der Waals surface area contributed by atoms with Gasteiger partial charge in [0.15, 0.2) is 11.5 Å². The Morgan fingerprint density at radius 2 is 2.05 bits per heavy atom. The normalized spacial score (nSPS) is 10.9. The lowest BCUT2D eigenvalue weighted by atomic mass is 10.1. The van der Waals surface area contributed by atoms with Crippen molar-refractivity contribution in [1.82, 2.24) is 9.38 Å². The van der Waals surface area contributed by atoms with Gasteiger partial charge in [-0.3, -0.25) is 0 Å². The fraction of sp³-hybridized carbons (Fsp3) is 0.188. The highest BCUT2D eigenvalue weighted by atomic mass is 127. The Bertz CT molecular complexity index is 804. The van der Waals surface area contributed by atoms with Gasteiger partial charge in [-0.1, -0.05) is 0 Å². The fourth-order valence-electron chi connectivity index (χ4n) is 2.20. The average molecular weight is 412 g/mol. The highest BCUT2D eigenvalue weighted by molar-refractivity contribution is 14.1. The minimum Gasteiger partial charge on any atom is -0.493 e. The molecule has 0 atom stereocenters. The molecular weight excluding hydrogens is 398 g/mol. The van der Waals surface area contributed by atoms with Crippen LogP contribution in [-0.2, 0) is 0 Å². The first-order valence-corrected chi connectivity index (χ1v) is 7.80. The van der Waals surface area contributed by atoms with Crippen molar-refractivity contribution < 1.29 is 13.9 Å². The van der Waals surface area contributed by atoms with Crippen molar-refractivity contribution in [2.75, 3.05) is 20.4 Å². The number of imidazole rings is 1. The van der Waals surface area contributed by atoms with Gasteiger partial charge in [-0.05, 0) is 52.9 Å². The van der Waals surface area contributed by atoms with Gasteiger partial charge in [-0.2, -0.15) is 0 Å². The third kappa shape index (κ3) is 3.01. The molecule has 2 heterocycles. The molecule has 3 aromatic rings. The number of methoxy groups -OCH3 is 1. The summed E-state index contributed by atoms with van der Waals surface area (Å²) in [5.41, 5.74) is 2.65. The van der Waals surface area contributed by atoms with E-state index in [-0.39, 0.29) is 6.61 Å². The molecule has 0 saturated carbocycles. The van der Waals surface area contributed by atoms with E-state index in [1.807, 2.05) is 41.1 Å². The largest absolute Gasteiger partial charge is 0.493 e. The van der Waals surface area contributed by atoms with E-state index in [1.165, 1.54) is 0 Å². The first kappa shape index (κ1) is 15.1. The number of halogens is 2. The number of aromatic nitrogens is 2. The van der Waals surface area contributed by atoms with Crippen molar-refractivity contribution in [1.29, 1.82) is 0 Å². The van der Waals surface area contributed by atoms with Crippen LogP contribution in [0.25, 0.3) is 16.9 Å². The van der Waals surface area contributed by atoms with E-state index in [1.54, 1.807) is 13.2 Å². The number of benzene rings is 1. The van der Waals surface area contributed by atoms with E-state index < -0.39 is 6.67 Å². The molecule has 114 valence electrons. The quantitative estimate of drug-likeness (QED) is 0.596. The van der Waals surface area contributed by atoms with E-state index in [9.17, 15) is 4.39 Å². The van der Waals surface area contributed by atoms with Gasteiger partial charge < -0.3 is 13.9 Å². The molecule has 22 heavy (non-hydrogen) atoms. The van der Waals surface area contributed by atoms with Crippen LogP contribution in [0.4, 0.5) is 4.39 Å². The molecular formula is C16H14FIN2O2. The Labute approximate surface area is 141 Å². The van der Waals surface area contributed by atoms with Crippen LogP contribution in [-0.4, -0.2) is 29.8 Å². The smallest absolute Gasteiger partial charge is 0.161 e. The monoisotopic (exact) mass is 412 g/mol. The van der Waals surface area contributed by atoms with Crippen molar-refractivity contribution >= 4 is 28.2 Å². The summed E-state index contributed by atoms with van der Waals surface area (Å²) < 4.78 is 26.0. The fourth-order valence-corrected chi connectivity index (χ4v) is 2.68. The average Bonchev–Trinajstić information content (AvgIpc) is 2.95. The first-order valence-electron chi connectivity index (χ1n) is 6.72. The molecule has 0 radical (unpaired) electrons. The molecule has 0 unspecified atom stereocenters. The number of rotatable bonds is 5. The van der Waals surface area contributed by atoms with Crippen LogP contribution in [0.15, 0.2) is 42.7 Å². The lowest BCUT2D eigenvalue weighted by Crippen LogP contribution is -2.00. The third-order valence-electron chi connectivity index (χ3n) is 3.21. The van der Waals surface area contributed by atoms with Crippen LogP contribution in [0.1, 0.15) is 0 Å². The first-order chi connectivity index (χ1) is 10.7. The number of alkyl halides is 1. The molecule has 1 aromatic carbocycles. The zero-order valence-corrected chi connectivity index (χ0v) is 14.1. The van der Waals surface area contributed by atoms with Gasteiger partial charge in [0.05, 0.1) is 12.8 Å². The van der Waals surface area contributed by atoms with Crippen LogP contribution in [0, 0.1) is 3.57 Å². The van der Waals surface area contributed by atoms with Crippen molar-refractivity contribution in [3.05, 3.63) is 46.3 Å². The molecule has 0 aliphatic carbocycles. The van der Waals surface area contributed by atoms with Gasteiger partial charge in [0.2, 0.25) is 0 Å². The summed E-state index contributed by atoms with van der Waals surface area (Å²) in [5, 5.41) is 0. The Morgan fingerprint density at radius 1 is 1.18 bits per heavy atom. The lowest BCUT2D eigenvalue weighted by molar-refractivity contribution is 0.260. The van der Waals surface area contributed by atoms with E-state index >= 15 is 0 Å². The summed E-state index contributed by atoms with van der Waals surface area (Å²) in [7, 11) is 1.56. The number of nitrogens with zero attached hydrogens (tertiary/aromatic N) is 2. The van der Waals surface area contributed by atoms with Crippen molar-refractivity contribution in [3.63, 3.8) is 0 Å². The lowest BCUT2D eigenvalue weighted by Gasteiger charge is -2.10. The second-order valence-electron chi connectivity index (χ2n) is 4.64. The summed E-state index contributed by atoms with van der Waals surface area (Å²) in [6.45, 7) is -0.515. The topological polar surface area (TPSA) is 35.8 Å². The molecule has 0 fully saturated rings. The van der Waals surface area contributed by atoms with E-state index in [2.05, 4.69) is 27.6 Å². The second kappa shape index (κ2) is 6.51. The summed E-state index contributed by atoms with van der Waals surface area (Å²) in [4.78, 5) is 4.59. The number of hydrogen-bond acceptors (Lipinski definition) is 3. The van der Waals surface area contributed by atoms with Gasteiger partial charge in [0.25, 0.3) is 0 Å². The molecule has 0 aliphatic heterocycles. The predicted octanol–water partition coefficient (Wildman–Crippen LogP) is 3.96. The molecule has 2 aromatic heterocycles. The summed E-state index contributed by atoms with van der Waals surface area (Å²) in [6, 6.07) is 9.50. The number of hydrogen-bond donors (Lipinski definition) is 0. The van der Waals surface area contributed by atoms with Crippen LogP contribution in [0.5, 0.6) is 11.5 Å². The van der Waals surface area contributed by atoms with E-state index in [0.717, 1.165) is 20.5 Å².